The van der Waals surface area contributed by atoms with Crippen molar-refractivity contribution in [1.29, 1.82) is 0 Å². The zero-order valence-electron chi connectivity index (χ0n) is 11.8. The maximum absolute atomic E-state index is 9.28. The Labute approximate surface area is 115 Å². The van der Waals surface area contributed by atoms with Crippen LogP contribution in [0.15, 0.2) is 12.4 Å². The molecular formula is C14H24N4O. The molecule has 1 saturated heterocycles. The average Bonchev–Trinajstić information content (AvgIpc) is 2.91. The second-order valence-corrected chi connectivity index (χ2v) is 5.21. The first-order valence-electron chi connectivity index (χ1n) is 7.08. The number of nitrogens with zero attached hydrogens (tertiary/aromatic N) is 3. The molecule has 1 aliphatic heterocycles. The van der Waals surface area contributed by atoms with Crippen molar-refractivity contribution in [2.75, 3.05) is 26.2 Å². The van der Waals surface area contributed by atoms with Gasteiger partial charge in [-0.25, -0.2) is 0 Å². The quantitative estimate of drug-likeness (QED) is 0.799. The lowest BCUT2D eigenvalue weighted by Gasteiger charge is -2.31. The maximum atomic E-state index is 9.28. The van der Waals surface area contributed by atoms with Crippen LogP contribution >= 0.6 is 0 Å². The van der Waals surface area contributed by atoms with Gasteiger partial charge >= 0.3 is 0 Å². The molecular weight excluding hydrogens is 240 g/mol. The number of nitrogens with one attached hydrogen (secondary N) is 1. The highest BCUT2D eigenvalue weighted by atomic mass is 16.3. The molecule has 2 N–H and O–H groups in total. The summed E-state index contributed by atoms with van der Waals surface area (Å²) in [6, 6.07) is 0.717. The van der Waals surface area contributed by atoms with Crippen molar-refractivity contribution >= 4 is 0 Å². The molecule has 0 radical (unpaired) electrons. The lowest BCUT2D eigenvalue weighted by atomic mass is 10.1. The zero-order valence-corrected chi connectivity index (χ0v) is 11.8. The van der Waals surface area contributed by atoms with Crippen molar-refractivity contribution in [3.05, 3.63) is 23.8 Å². The van der Waals surface area contributed by atoms with E-state index in [-0.39, 0.29) is 12.6 Å². The third kappa shape index (κ3) is 3.72. The van der Waals surface area contributed by atoms with Crippen LogP contribution in [0.2, 0.25) is 0 Å². The molecule has 2 unspecified atom stereocenters. The minimum absolute atomic E-state index is 0.177. The van der Waals surface area contributed by atoms with Crippen LogP contribution in [0.5, 0.6) is 0 Å². The smallest absolute Gasteiger partial charge is 0.0784 e. The summed E-state index contributed by atoms with van der Waals surface area (Å²) in [6.45, 7) is 7.05. The number of hydrogen-bond acceptors (Lipinski definition) is 5. The predicted molar refractivity (Wildman–Crippen MR) is 74.9 cm³/mol. The average molecular weight is 264 g/mol. The molecule has 5 heteroatoms. The normalized spacial score (nSPS) is 20.9. The highest BCUT2D eigenvalue weighted by molar-refractivity contribution is 5.12. The zero-order chi connectivity index (χ0) is 13.7. The number of aromatic nitrogens is 2. The SMILES string of the molecule is Cc1nccnc1C(C)N(CCO)CC1CCCN1. The van der Waals surface area contributed by atoms with Crippen LogP contribution in [0, 0.1) is 6.92 Å². The molecule has 1 aromatic rings. The van der Waals surface area contributed by atoms with Gasteiger partial charge in [0.1, 0.15) is 0 Å². The van der Waals surface area contributed by atoms with Crippen LogP contribution in [-0.2, 0) is 0 Å². The molecule has 0 spiro atoms. The Bertz CT molecular complexity index is 393. The van der Waals surface area contributed by atoms with Crippen molar-refractivity contribution < 1.29 is 5.11 Å². The second kappa shape index (κ2) is 6.93. The Morgan fingerprint density at radius 2 is 2.26 bits per heavy atom. The third-order valence-electron chi connectivity index (χ3n) is 3.87. The third-order valence-corrected chi connectivity index (χ3v) is 3.87. The van der Waals surface area contributed by atoms with E-state index in [4.69, 9.17) is 0 Å². The predicted octanol–water partition coefficient (Wildman–Crippen LogP) is 0.892. The Morgan fingerprint density at radius 1 is 1.47 bits per heavy atom. The van der Waals surface area contributed by atoms with E-state index >= 15 is 0 Å². The summed E-state index contributed by atoms with van der Waals surface area (Å²) >= 11 is 0. The van der Waals surface area contributed by atoms with E-state index in [0.717, 1.165) is 24.5 Å². The topological polar surface area (TPSA) is 61.3 Å². The van der Waals surface area contributed by atoms with Crippen LogP contribution in [0.1, 0.15) is 37.2 Å². The van der Waals surface area contributed by atoms with Gasteiger partial charge in [-0.2, -0.15) is 0 Å². The van der Waals surface area contributed by atoms with Crippen molar-refractivity contribution in [3.63, 3.8) is 0 Å². The minimum Gasteiger partial charge on any atom is -0.395 e. The van der Waals surface area contributed by atoms with Gasteiger partial charge in [0.25, 0.3) is 0 Å². The molecule has 2 heterocycles. The molecule has 0 amide bonds. The summed E-state index contributed by atoms with van der Waals surface area (Å²) in [5.41, 5.74) is 1.98. The number of aliphatic hydroxyl groups excluding tert-OH is 1. The summed E-state index contributed by atoms with van der Waals surface area (Å²) in [5.74, 6) is 0. The summed E-state index contributed by atoms with van der Waals surface area (Å²) in [4.78, 5) is 11.0. The van der Waals surface area contributed by atoms with Gasteiger partial charge in [-0.05, 0) is 33.2 Å². The fraction of sp³-hybridized carbons (Fsp3) is 0.714. The fourth-order valence-electron chi connectivity index (χ4n) is 2.77. The lowest BCUT2D eigenvalue weighted by Crippen LogP contribution is -2.40. The second-order valence-electron chi connectivity index (χ2n) is 5.21. The molecule has 1 fully saturated rings. The molecule has 2 rings (SSSR count). The van der Waals surface area contributed by atoms with E-state index < -0.39 is 0 Å². The standard InChI is InChI=1S/C14H24N4O/c1-11-14(17-7-6-15-11)12(2)18(8-9-19)10-13-4-3-5-16-13/h6-7,12-13,16,19H,3-5,8-10H2,1-2H3. The van der Waals surface area contributed by atoms with E-state index in [0.29, 0.717) is 12.6 Å². The van der Waals surface area contributed by atoms with Crippen LogP contribution in [0.4, 0.5) is 0 Å². The van der Waals surface area contributed by atoms with Crippen LogP contribution in [0.25, 0.3) is 0 Å². The summed E-state index contributed by atoms with van der Waals surface area (Å²) < 4.78 is 0. The molecule has 0 bridgehead atoms. The maximum Gasteiger partial charge on any atom is 0.0784 e. The van der Waals surface area contributed by atoms with E-state index in [1.165, 1.54) is 12.8 Å². The number of aliphatic hydroxyl groups is 1. The number of hydrogen-bond donors (Lipinski definition) is 2. The van der Waals surface area contributed by atoms with E-state index in [1.807, 2.05) is 6.92 Å². The van der Waals surface area contributed by atoms with Gasteiger partial charge in [-0.3, -0.25) is 14.9 Å². The van der Waals surface area contributed by atoms with E-state index in [2.05, 4.69) is 27.1 Å². The highest BCUT2D eigenvalue weighted by Crippen LogP contribution is 2.21. The summed E-state index contributed by atoms with van der Waals surface area (Å²) in [7, 11) is 0. The first-order valence-corrected chi connectivity index (χ1v) is 7.08. The molecule has 106 valence electrons. The van der Waals surface area contributed by atoms with Crippen molar-refractivity contribution in [2.45, 2.75) is 38.8 Å². The first-order chi connectivity index (χ1) is 9.22. The van der Waals surface area contributed by atoms with Gasteiger partial charge in [-0.1, -0.05) is 0 Å². The number of rotatable bonds is 6. The Morgan fingerprint density at radius 3 is 2.89 bits per heavy atom. The monoisotopic (exact) mass is 264 g/mol. The largest absolute Gasteiger partial charge is 0.395 e. The van der Waals surface area contributed by atoms with Crippen LogP contribution in [0.3, 0.4) is 0 Å². The van der Waals surface area contributed by atoms with Crippen LogP contribution in [-0.4, -0.2) is 52.3 Å². The van der Waals surface area contributed by atoms with Crippen molar-refractivity contribution in [1.82, 2.24) is 20.2 Å². The van der Waals surface area contributed by atoms with Gasteiger partial charge in [0.2, 0.25) is 0 Å². The Kier molecular flexibility index (Phi) is 5.24. The van der Waals surface area contributed by atoms with Crippen LogP contribution < -0.4 is 5.32 Å². The van der Waals surface area contributed by atoms with Gasteiger partial charge in [0, 0.05) is 31.5 Å². The molecule has 5 nitrogen and oxygen atoms in total. The molecule has 0 aromatic carbocycles. The van der Waals surface area contributed by atoms with E-state index in [1.54, 1.807) is 12.4 Å². The minimum atomic E-state index is 0.177. The lowest BCUT2D eigenvalue weighted by molar-refractivity contribution is 0.145. The first kappa shape index (κ1) is 14.4. The molecule has 1 aromatic heterocycles. The van der Waals surface area contributed by atoms with Gasteiger partial charge < -0.3 is 10.4 Å². The summed E-state index contributed by atoms with van der Waals surface area (Å²) in [6.07, 6.45) is 5.93. The molecule has 0 aliphatic carbocycles. The summed E-state index contributed by atoms with van der Waals surface area (Å²) in [5, 5.41) is 12.8. The van der Waals surface area contributed by atoms with Gasteiger partial charge in [0.05, 0.1) is 24.0 Å². The molecule has 19 heavy (non-hydrogen) atoms. The van der Waals surface area contributed by atoms with Crippen molar-refractivity contribution in [3.8, 4) is 0 Å². The van der Waals surface area contributed by atoms with E-state index in [9.17, 15) is 5.11 Å². The van der Waals surface area contributed by atoms with Crippen molar-refractivity contribution in [2.24, 2.45) is 0 Å². The molecule has 1 aliphatic rings. The Hall–Kier alpha value is -1.04. The fourth-order valence-corrected chi connectivity index (χ4v) is 2.77. The number of aryl methyl sites for hydroxylation is 1. The molecule has 0 saturated carbocycles. The van der Waals surface area contributed by atoms with Gasteiger partial charge in [-0.15, -0.1) is 0 Å². The van der Waals surface area contributed by atoms with Gasteiger partial charge in [0.15, 0.2) is 0 Å². The Balaban J connectivity index is 2.06. The molecule has 2 atom stereocenters. The highest BCUT2D eigenvalue weighted by Gasteiger charge is 2.23.